The number of alkyl halides is 2. The number of allylic oxidation sites excluding steroid dienone is 6. The third-order valence-electron chi connectivity index (χ3n) is 6.68. The van der Waals surface area contributed by atoms with E-state index < -0.39 is 5.92 Å². The van der Waals surface area contributed by atoms with Crippen LogP contribution in [0.1, 0.15) is 76.6 Å². The summed E-state index contributed by atoms with van der Waals surface area (Å²) in [6.07, 6.45) is 10.8. The van der Waals surface area contributed by atoms with Crippen LogP contribution in [0, 0.1) is 5.92 Å². The Balaban J connectivity index is 0.000000311. The average Bonchev–Trinajstić information content (AvgIpc) is 2.90. The SMILES string of the molecule is C=C(C)C(/C=C\C(C)=O)=C\C.C=C(C)Cc1ccc(CC2CCNCC2)cc1.CCc1ccccc1C(C)(F)F. The summed E-state index contributed by atoms with van der Waals surface area (Å²) in [4.78, 5) is 10.5. The molecule has 1 aliphatic rings. The van der Waals surface area contributed by atoms with Crippen molar-refractivity contribution in [2.75, 3.05) is 13.1 Å². The van der Waals surface area contributed by atoms with E-state index in [0.29, 0.717) is 6.42 Å². The molecule has 0 atom stereocenters. The van der Waals surface area contributed by atoms with Crippen LogP contribution in [0.2, 0.25) is 0 Å². The van der Waals surface area contributed by atoms with Gasteiger partial charge >= 0.3 is 0 Å². The Morgan fingerprint density at radius 3 is 2.00 bits per heavy atom. The number of aryl methyl sites for hydroxylation is 1. The van der Waals surface area contributed by atoms with Gasteiger partial charge < -0.3 is 5.32 Å². The van der Waals surface area contributed by atoms with Gasteiger partial charge in [0.1, 0.15) is 0 Å². The number of benzene rings is 2. The van der Waals surface area contributed by atoms with Crippen LogP contribution in [0.25, 0.3) is 0 Å². The standard InChI is InChI=1S/C16H23N.C10H12F2.C10H14O/c1-13(2)11-14-3-5-15(6-4-14)12-16-7-9-17-10-8-16;1-3-8-6-4-5-7-9(8)10(2,11)12;1-5-10(8(2)3)7-6-9(4)11/h3-6,16-17H,1,7-12H2,2H3;4-7H,3H2,1-2H3;5-7H,2H2,1,3-4H3/b;;7-6-,10-5-. The molecule has 218 valence electrons. The maximum atomic E-state index is 12.9. The van der Waals surface area contributed by atoms with Gasteiger partial charge in [-0.15, -0.1) is 0 Å². The van der Waals surface area contributed by atoms with Crippen molar-refractivity contribution in [2.45, 2.75) is 79.6 Å². The molecule has 2 nitrogen and oxygen atoms in total. The third-order valence-corrected chi connectivity index (χ3v) is 6.68. The summed E-state index contributed by atoms with van der Waals surface area (Å²) in [6, 6.07) is 15.8. The zero-order valence-corrected chi connectivity index (χ0v) is 25.5. The molecule has 0 aliphatic carbocycles. The molecule has 1 fully saturated rings. The van der Waals surface area contributed by atoms with E-state index in [1.54, 1.807) is 30.4 Å². The number of halogens is 2. The number of carbonyl (C=O) groups is 1. The van der Waals surface area contributed by atoms with Crippen LogP contribution in [0.3, 0.4) is 0 Å². The fraction of sp³-hybridized carbons (Fsp3) is 0.417. The fourth-order valence-electron chi connectivity index (χ4n) is 4.51. The second-order valence-electron chi connectivity index (χ2n) is 10.7. The minimum Gasteiger partial charge on any atom is -0.317 e. The van der Waals surface area contributed by atoms with E-state index >= 15 is 0 Å². The van der Waals surface area contributed by atoms with Crippen LogP contribution < -0.4 is 5.32 Å². The van der Waals surface area contributed by atoms with E-state index in [1.165, 1.54) is 62.0 Å². The van der Waals surface area contributed by atoms with Crippen LogP contribution in [0.5, 0.6) is 0 Å². The molecule has 1 saturated heterocycles. The molecule has 0 aromatic heterocycles. The summed E-state index contributed by atoms with van der Waals surface area (Å²) in [7, 11) is 0. The molecule has 0 amide bonds. The Bertz CT molecular complexity index is 1130. The van der Waals surface area contributed by atoms with Gasteiger partial charge in [0.2, 0.25) is 0 Å². The highest BCUT2D eigenvalue weighted by Gasteiger charge is 2.26. The lowest BCUT2D eigenvalue weighted by Crippen LogP contribution is -2.28. The molecule has 3 rings (SSSR count). The summed E-state index contributed by atoms with van der Waals surface area (Å²) in [5, 5.41) is 3.42. The highest BCUT2D eigenvalue weighted by Crippen LogP contribution is 2.29. The molecule has 1 N–H and O–H groups in total. The summed E-state index contributed by atoms with van der Waals surface area (Å²) in [5.41, 5.74) is 6.97. The second kappa shape index (κ2) is 18.3. The highest BCUT2D eigenvalue weighted by atomic mass is 19.3. The van der Waals surface area contributed by atoms with Gasteiger partial charge in [-0.3, -0.25) is 4.79 Å². The van der Waals surface area contributed by atoms with Crippen molar-refractivity contribution >= 4 is 5.78 Å². The zero-order valence-electron chi connectivity index (χ0n) is 25.5. The van der Waals surface area contributed by atoms with Gasteiger partial charge in [0.15, 0.2) is 5.78 Å². The quantitative estimate of drug-likeness (QED) is 0.192. The Hall–Kier alpha value is -3.11. The number of piperidine rings is 1. The molecule has 0 saturated carbocycles. The Kier molecular flexibility index (Phi) is 16.0. The van der Waals surface area contributed by atoms with Crippen molar-refractivity contribution in [1.82, 2.24) is 5.32 Å². The lowest BCUT2D eigenvalue weighted by molar-refractivity contribution is -0.112. The number of hydrogen-bond acceptors (Lipinski definition) is 2. The molecule has 0 unspecified atom stereocenters. The topological polar surface area (TPSA) is 29.1 Å². The van der Waals surface area contributed by atoms with Crippen molar-refractivity contribution in [2.24, 2.45) is 5.92 Å². The molecule has 40 heavy (non-hydrogen) atoms. The van der Waals surface area contributed by atoms with Gasteiger partial charge in [-0.2, -0.15) is 0 Å². The van der Waals surface area contributed by atoms with Crippen LogP contribution in [-0.2, 0) is 30.0 Å². The minimum absolute atomic E-state index is 0.0607. The predicted molar refractivity (Wildman–Crippen MR) is 168 cm³/mol. The van der Waals surface area contributed by atoms with Crippen molar-refractivity contribution in [1.29, 1.82) is 0 Å². The maximum absolute atomic E-state index is 12.9. The minimum atomic E-state index is -2.72. The van der Waals surface area contributed by atoms with E-state index in [9.17, 15) is 13.6 Å². The second-order valence-corrected chi connectivity index (χ2v) is 10.7. The average molecular weight is 550 g/mol. The van der Waals surface area contributed by atoms with Gasteiger partial charge in [0, 0.05) is 12.5 Å². The van der Waals surface area contributed by atoms with Crippen LogP contribution in [0.4, 0.5) is 8.78 Å². The summed E-state index contributed by atoms with van der Waals surface area (Å²) >= 11 is 0. The lowest BCUT2D eigenvalue weighted by atomic mass is 9.90. The predicted octanol–water partition coefficient (Wildman–Crippen LogP) is 9.36. The first-order valence-electron chi connectivity index (χ1n) is 14.3. The van der Waals surface area contributed by atoms with E-state index in [4.69, 9.17) is 0 Å². The molecule has 2 aromatic carbocycles. The molecular weight excluding hydrogens is 500 g/mol. The van der Waals surface area contributed by atoms with Crippen LogP contribution in [-0.4, -0.2) is 18.9 Å². The summed E-state index contributed by atoms with van der Waals surface area (Å²) in [6.45, 7) is 20.4. The first kappa shape index (κ1) is 34.9. The molecule has 1 heterocycles. The zero-order chi connectivity index (χ0) is 30.1. The molecule has 0 bridgehead atoms. The van der Waals surface area contributed by atoms with E-state index in [-0.39, 0.29) is 11.3 Å². The molecule has 1 aliphatic heterocycles. The first-order valence-corrected chi connectivity index (χ1v) is 14.3. The number of nitrogens with one attached hydrogen (secondary N) is 1. The van der Waals surface area contributed by atoms with Gasteiger partial charge in [-0.1, -0.05) is 91.9 Å². The monoisotopic (exact) mass is 549 g/mol. The number of hydrogen-bond donors (Lipinski definition) is 1. The Labute approximate surface area is 242 Å². The van der Waals surface area contributed by atoms with Gasteiger partial charge in [0.05, 0.1) is 0 Å². The summed E-state index contributed by atoms with van der Waals surface area (Å²) < 4.78 is 25.8. The first-order chi connectivity index (χ1) is 18.9. The summed E-state index contributed by atoms with van der Waals surface area (Å²) in [5.74, 6) is -1.78. The number of carbonyl (C=O) groups excluding carboxylic acids is 1. The number of rotatable bonds is 9. The van der Waals surface area contributed by atoms with E-state index in [1.807, 2.05) is 26.8 Å². The molecule has 4 heteroatoms. The molecule has 0 spiro atoms. The third kappa shape index (κ3) is 14.3. The Morgan fingerprint density at radius 1 is 0.975 bits per heavy atom. The molecule has 2 aromatic rings. The van der Waals surface area contributed by atoms with E-state index in [0.717, 1.165) is 36.0 Å². The Morgan fingerprint density at radius 2 is 1.55 bits per heavy atom. The van der Waals surface area contributed by atoms with Crippen LogP contribution >= 0.6 is 0 Å². The highest BCUT2D eigenvalue weighted by molar-refractivity contribution is 5.87. The van der Waals surface area contributed by atoms with Gasteiger partial charge in [0.25, 0.3) is 5.92 Å². The fourth-order valence-corrected chi connectivity index (χ4v) is 4.51. The van der Waals surface area contributed by atoms with Crippen LogP contribution in [0.15, 0.2) is 96.6 Å². The largest absolute Gasteiger partial charge is 0.317 e. The maximum Gasteiger partial charge on any atom is 0.270 e. The molecule has 0 radical (unpaired) electrons. The van der Waals surface area contributed by atoms with Gasteiger partial charge in [-0.25, -0.2) is 8.78 Å². The van der Waals surface area contributed by atoms with Crippen molar-refractivity contribution in [3.8, 4) is 0 Å². The van der Waals surface area contributed by atoms with Crippen molar-refractivity contribution in [3.63, 3.8) is 0 Å². The normalized spacial score (nSPS) is 14.1. The van der Waals surface area contributed by atoms with Crippen molar-refractivity contribution < 1.29 is 13.6 Å². The lowest BCUT2D eigenvalue weighted by Gasteiger charge is -2.22. The smallest absolute Gasteiger partial charge is 0.270 e. The van der Waals surface area contributed by atoms with E-state index in [2.05, 4.69) is 49.7 Å². The van der Waals surface area contributed by atoms with Gasteiger partial charge in [-0.05, 0) is 107 Å². The number of ketones is 1. The molecular formula is C36H49F2NO. The van der Waals surface area contributed by atoms with Crippen molar-refractivity contribution in [3.05, 3.63) is 119 Å².